The van der Waals surface area contributed by atoms with Gasteiger partial charge in [0.05, 0.1) is 0 Å². The Morgan fingerprint density at radius 3 is 2.68 bits per heavy atom. The van der Waals surface area contributed by atoms with Crippen molar-refractivity contribution in [2.75, 3.05) is 10.6 Å². The zero-order valence-corrected chi connectivity index (χ0v) is 11.8. The number of halogens is 2. The highest BCUT2D eigenvalue weighted by Gasteiger charge is 2.06. The Labute approximate surface area is 119 Å². The van der Waals surface area contributed by atoms with Gasteiger partial charge in [0.15, 0.2) is 0 Å². The molecule has 0 atom stereocenters. The molecule has 0 aliphatic carbocycles. The lowest BCUT2D eigenvalue weighted by atomic mass is 10.2. The molecule has 0 bridgehead atoms. The summed E-state index contributed by atoms with van der Waals surface area (Å²) in [6.45, 7) is 1.89. The Bertz CT molecular complexity index is 616. The predicted octanol–water partition coefficient (Wildman–Crippen LogP) is 4.54. The van der Waals surface area contributed by atoms with E-state index in [0.717, 1.165) is 10.0 Å². The number of hydrogen-bond donors (Lipinski definition) is 2. The maximum Gasteiger partial charge on any atom is 0.323 e. The van der Waals surface area contributed by atoms with Gasteiger partial charge >= 0.3 is 6.03 Å². The van der Waals surface area contributed by atoms with Gasteiger partial charge in [0.2, 0.25) is 0 Å². The monoisotopic (exact) mass is 322 g/mol. The summed E-state index contributed by atoms with van der Waals surface area (Å²) in [6, 6.07) is 10.9. The SMILES string of the molecule is Cc1ccc(Br)cc1NC(=O)Nc1cccc(F)c1. The molecule has 0 fully saturated rings. The molecule has 2 aromatic carbocycles. The molecule has 3 nitrogen and oxygen atoms in total. The number of amides is 2. The standard InChI is InChI=1S/C14H12BrFN2O/c1-9-5-6-10(15)7-13(9)18-14(19)17-12-4-2-3-11(16)8-12/h2-8H,1H3,(H2,17,18,19). The van der Waals surface area contributed by atoms with E-state index in [9.17, 15) is 9.18 Å². The highest BCUT2D eigenvalue weighted by molar-refractivity contribution is 9.10. The fraction of sp³-hybridized carbons (Fsp3) is 0.0714. The van der Waals surface area contributed by atoms with Gasteiger partial charge in [-0.15, -0.1) is 0 Å². The Balaban J connectivity index is 2.07. The van der Waals surface area contributed by atoms with E-state index in [2.05, 4.69) is 26.6 Å². The largest absolute Gasteiger partial charge is 0.323 e. The van der Waals surface area contributed by atoms with Gasteiger partial charge in [0.1, 0.15) is 5.82 Å². The van der Waals surface area contributed by atoms with Crippen LogP contribution in [0.4, 0.5) is 20.6 Å². The summed E-state index contributed by atoms with van der Waals surface area (Å²) in [5.74, 6) is -0.392. The summed E-state index contributed by atoms with van der Waals surface area (Å²) in [4.78, 5) is 11.8. The van der Waals surface area contributed by atoms with Crippen LogP contribution in [0.2, 0.25) is 0 Å². The molecule has 0 saturated carbocycles. The Morgan fingerprint density at radius 1 is 1.16 bits per heavy atom. The molecule has 0 radical (unpaired) electrons. The normalized spacial score (nSPS) is 10.1. The lowest BCUT2D eigenvalue weighted by Crippen LogP contribution is -2.20. The third kappa shape index (κ3) is 3.79. The molecule has 2 aromatic rings. The molecule has 19 heavy (non-hydrogen) atoms. The number of benzene rings is 2. The molecular weight excluding hydrogens is 311 g/mol. The molecule has 0 aliphatic rings. The number of aryl methyl sites for hydroxylation is 1. The second kappa shape index (κ2) is 5.84. The van der Waals surface area contributed by atoms with Gasteiger partial charge in [0, 0.05) is 15.8 Å². The average molecular weight is 323 g/mol. The fourth-order valence-electron chi connectivity index (χ4n) is 1.58. The van der Waals surface area contributed by atoms with E-state index in [-0.39, 0.29) is 0 Å². The van der Waals surface area contributed by atoms with Crippen LogP contribution in [0.15, 0.2) is 46.9 Å². The molecule has 0 spiro atoms. The lowest BCUT2D eigenvalue weighted by Gasteiger charge is -2.10. The van der Waals surface area contributed by atoms with Crippen molar-refractivity contribution in [3.05, 3.63) is 58.3 Å². The minimum Gasteiger partial charge on any atom is -0.308 e. The summed E-state index contributed by atoms with van der Waals surface area (Å²) in [6.07, 6.45) is 0. The van der Waals surface area contributed by atoms with Gasteiger partial charge in [-0.2, -0.15) is 0 Å². The first-order valence-corrected chi connectivity index (χ1v) is 6.43. The zero-order chi connectivity index (χ0) is 13.8. The highest BCUT2D eigenvalue weighted by Crippen LogP contribution is 2.21. The van der Waals surface area contributed by atoms with E-state index in [1.54, 1.807) is 12.1 Å². The fourth-order valence-corrected chi connectivity index (χ4v) is 1.94. The minimum atomic E-state index is -0.410. The number of carbonyl (C=O) groups is 1. The highest BCUT2D eigenvalue weighted by atomic mass is 79.9. The van der Waals surface area contributed by atoms with Gasteiger partial charge in [-0.25, -0.2) is 9.18 Å². The van der Waals surface area contributed by atoms with Gasteiger partial charge < -0.3 is 10.6 Å². The van der Waals surface area contributed by atoms with E-state index in [0.29, 0.717) is 11.4 Å². The molecular formula is C14H12BrFN2O. The maximum atomic E-state index is 13.0. The quantitative estimate of drug-likeness (QED) is 0.837. The summed E-state index contributed by atoms with van der Waals surface area (Å²) in [5, 5.41) is 5.29. The summed E-state index contributed by atoms with van der Waals surface area (Å²) in [5.41, 5.74) is 2.05. The van der Waals surface area contributed by atoms with Crippen molar-refractivity contribution in [2.24, 2.45) is 0 Å². The molecule has 2 amide bonds. The van der Waals surface area contributed by atoms with Gasteiger partial charge in [-0.05, 0) is 42.8 Å². The van der Waals surface area contributed by atoms with Crippen LogP contribution in [0.1, 0.15) is 5.56 Å². The average Bonchev–Trinajstić information content (AvgIpc) is 2.34. The zero-order valence-electron chi connectivity index (χ0n) is 10.2. The predicted molar refractivity (Wildman–Crippen MR) is 77.9 cm³/mol. The molecule has 0 heterocycles. The van der Waals surface area contributed by atoms with Crippen LogP contribution in [-0.4, -0.2) is 6.03 Å². The second-order valence-corrected chi connectivity index (χ2v) is 4.96. The summed E-state index contributed by atoms with van der Waals surface area (Å²) in [7, 11) is 0. The van der Waals surface area contributed by atoms with Crippen LogP contribution in [0.3, 0.4) is 0 Å². The molecule has 0 aromatic heterocycles. The van der Waals surface area contributed by atoms with Gasteiger partial charge in [-0.3, -0.25) is 0 Å². The van der Waals surface area contributed by atoms with Crippen LogP contribution < -0.4 is 10.6 Å². The first-order chi connectivity index (χ1) is 9.04. The molecule has 5 heteroatoms. The third-order valence-electron chi connectivity index (χ3n) is 2.53. The van der Waals surface area contributed by atoms with Crippen molar-refractivity contribution in [3.8, 4) is 0 Å². The number of urea groups is 1. The Hall–Kier alpha value is -1.88. The number of nitrogens with one attached hydrogen (secondary N) is 2. The number of hydrogen-bond acceptors (Lipinski definition) is 1. The van der Waals surface area contributed by atoms with Crippen LogP contribution in [0.25, 0.3) is 0 Å². The topological polar surface area (TPSA) is 41.1 Å². The Kier molecular flexibility index (Phi) is 4.16. The molecule has 2 rings (SSSR count). The number of rotatable bonds is 2. The summed E-state index contributed by atoms with van der Waals surface area (Å²) < 4.78 is 13.9. The molecule has 2 N–H and O–H groups in total. The van der Waals surface area contributed by atoms with E-state index in [1.165, 1.54) is 18.2 Å². The van der Waals surface area contributed by atoms with Crippen molar-refractivity contribution in [2.45, 2.75) is 6.92 Å². The van der Waals surface area contributed by atoms with E-state index in [4.69, 9.17) is 0 Å². The van der Waals surface area contributed by atoms with Crippen molar-refractivity contribution in [3.63, 3.8) is 0 Å². The van der Waals surface area contributed by atoms with Crippen molar-refractivity contribution in [1.29, 1.82) is 0 Å². The molecule has 0 unspecified atom stereocenters. The molecule has 0 aliphatic heterocycles. The maximum absolute atomic E-state index is 13.0. The molecule has 0 saturated heterocycles. The first kappa shape index (κ1) is 13.5. The minimum absolute atomic E-state index is 0.392. The van der Waals surface area contributed by atoms with Crippen LogP contribution >= 0.6 is 15.9 Å². The van der Waals surface area contributed by atoms with Crippen LogP contribution in [0.5, 0.6) is 0 Å². The Morgan fingerprint density at radius 2 is 1.95 bits per heavy atom. The summed E-state index contributed by atoms with van der Waals surface area (Å²) >= 11 is 3.34. The third-order valence-corrected chi connectivity index (χ3v) is 3.02. The molecule has 98 valence electrons. The van der Waals surface area contributed by atoms with Crippen LogP contribution in [0, 0.1) is 12.7 Å². The van der Waals surface area contributed by atoms with Crippen molar-refractivity contribution in [1.82, 2.24) is 0 Å². The van der Waals surface area contributed by atoms with Gasteiger partial charge in [-0.1, -0.05) is 28.1 Å². The van der Waals surface area contributed by atoms with Crippen molar-refractivity contribution >= 4 is 33.3 Å². The number of carbonyl (C=O) groups excluding carboxylic acids is 1. The first-order valence-electron chi connectivity index (χ1n) is 5.64. The smallest absolute Gasteiger partial charge is 0.308 e. The van der Waals surface area contributed by atoms with Gasteiger partial charge in [0.25, 0.3) is 0 Å². The van der Waals surface area contributed by atoms with Crippen molar-refractivity contribution < 1.29 is 9.18 Å². The second-order valence-electron chi connectivity index (χ2n) is 4.05. The van der Waals surface area contributed by atoms with E-state index < -0.39 is 11.8 Å². The van der Waals surface area contributed by atoms with E-state index in [1.807, 2.05) is 19.1 Å². The lowest BCUT2D eigenvalue weighted by molar-refractivity contribution is 0.262. The number of anilines is 2. The van der Waals surface area contributed by atoms with E-state index >= 15 is 0 Å². The van der Waals surface area contributed by atoms with Crippen LogP contribution in [-0.2, 0) is 0 Å².